The summed E-state index contributed by atoms with van der Waals surface area (Å²) in [6.07, 6.45) is 2.72. The third kappa shape index (κ3) is 1.42. The Balaban J connectivity index is 2.75. The predicted octanol–water partition coefficient (Wildman–Crippen LogP) is 0.966. The molecule has 0 spiro atoms. The number of sulfone groups is 1. The van der Waals surface area contributed by atoms with E-state index in [1.165, 1.54) is 12.6 Å². The van der Waals surface area contributed by atoms with Crippen molar-refractivity contribution in [2.24, 2.45) is 0 Å². The molecule has 0 aliphatic rings. The monoisotopic (exact) mass is 196 g/mol. The Bertz CT molecular complexity index is 542. The van der Waals surface area contributed by atoms with E-state index in [4.69, 9.17) is 0 Å². The fourth-order valence-corrected chi connectivity index (χ4v) is 1.78. The summed E-state index contributed by atoms with van der Waals surface area (Å²) in [6.45, 7) is 0. The summed E-state index contributed by atoms with van der Waals surface area (Å²) >= 11 is 0. The van der Waals surface area contributed by atoms with Crippen LogP contribution < -0.4 is 0 Å². The minimum atomic E-state index is -3.13. The molecular weight excluding hydrogens is 188 g/mol. The van der Waals surface area contributed by atoms with Crippen LogP contribution in [0.15, 0.2) is 29.4 Å². The molecule has 0 atom stereocenters. The first-order valence-corrected chi connectivity index (χ1v) is 5.60. The lowest BCUT2D eigenvalue weighted by Crippen LogP contribution is -1.96. The van der Waals surface area contributed by atoms with E-state index in [1.54, 1.807) is 18.2 Å². The number of hydrogen-bond donors (Lipinski definition) is 1. The van der Waals surface area contributed by atoms with E-state index in [0.29, 0.717) is 10.4 Å². The molecule has 1 aromatic heterocycles. The van der Waals surface area contributed by atoms with E-state index in [1.807, 2.05) is 0 Å². The zero-order valence-electron chi connectivity index (χ0n) is 6.98. The van der Waals surface area contributed by atoms with Gasteiger partial charge in [-0.1, -0.05) is 0 Å². The van der Waals surface area contributed by atoms with Gasteiger partial charge in [-0.15, -0.1) is 0 Å². The van der Waals surface area contributed by atoms with Gasteiger partial charge in [0.25, 0.3) is 0 Å². The van der Waals surface area contributed by atoms with Crippen LogP contribution in [-0.4, -0.2) is 24.6 Å². The molecule has 0 saturated carbocycles. The van der Waals surface area contributed by atoms with E-state index < -0.39 is 9.84 Å². The molecule has 0 amide bonds. The normalized spacial score (nSPS) is 12.1. The maximum Gasteiger partial charge on any atom is 0.175 e. The first-order chi connectivity index (χ1) is 6.07. The van der Waals surface area contributed by atoms with Crippen molar-refractivity contribution in [3.05, 3.63) is 24.5 Å². The molecule has 1 N–H and O–H groups in total. The summed E-state index contributed by atoms with van der Waals surface area (Å²) in [5.41, 5.74) is 1.51. The van der Waals surface area contributed by atoms with Gasteiger partial charge in [0.05, 0.1) is 22.3 Å². The number of nitrogens with one attached hydrogen (secondary N) is 1. The van der Waals surface area contributed by atoms with Gasteiger partial charge in [0, 0.05) is 6.26 Å². The lowest BCUT2D eigenvalue weighted by molar-refractivity contribution is 0.602. The molecule has 5 heteroatoms. The molecule has 0 saturated heterocycles. The van der Waals surface area contributed by atoms with E-state index in [9.17, 15) is 8.42 Å². The third-order valence-electron chi connectivity index (χ3n) is 1.82. The van der Waals surface area contributed by atoms with Gasteiger partial charge in [0.1, 0.15) is 0 Å². The van der Waals surface area contributed by atoms with Crippen LogP contribution in [0.4, 0.5) is 0 Å². The predicted molar refractivity (Wildman–Crippen MR) is 49.2 cm³/mol. The molecule has 1 aromatic carbocycles. The van der Waals surface area contributed by atoms with Crippen LogP contribution in [0.25, 0.3) is 11.0 Å². The van der Waals surface area contributed by atoms with Crippen LogP contribution in [0.5, 0.6) is 0 Å². The van der Waals surface area contributed by atoms with Crippen molar-refractivity contribution in [3.63, 3.8) is 0 Å². The maximum atomic E-state index is 11.2. The number of aromatic amines is 1. The number of rotatable bonds is 1. The molecule has 1 heterocycles. The van der Waals surface area contributed by atoms with Crippen LogP contribution in [0.1, 0.15) is 0 Å². The van der Waals surface area contributed by atoms with Crippen molar-refractivity contribution < 1.29 is 8.42 Å². The highest BCUT2D eigenvalue weighted by Gasteiger charge is 2.07. The molecule has 0 fully saturated rings. The molecule has 0 aliphatic carbocycles. The first kappa shape index (κ1) is 8.25. The number of imidazole rings is 1. The summed E-state index contributed by atoms with van der Waals surface area (Å²) in [5, 5.41) is 0. The molecule has 68 valence electrons. The number of H-pyrrole nitrogens is 1. The van der Waals surface area contributed by atoms with Gasteiger partial charge >= 0.3 is 0 Å². The van der Waals surface area contributed by atoms with Gasteiger partial charge in [0.2, 0.25) is 0 Å². The van der Waals surface area contributed by atoms with E-state index >= 15 is 0 Å². The molecule has 2 aromatic rings. The highest BCUT2D eigenvalue weighted by molar-refractivity contribution is 7.90. The quantitative estimate of drug-likeness (QED) is 0.739. The Labute approximate surface area is 75.5 Å². The molecule has 0 aliphatic heterocycles. The zero-order valence-corrected chi connectivity index (χ0v) is 7.80. The molecule has 0 unspecified atom stereocenters. The second kappa shape index (κ2) is 2.56. The van der Waals surface area contributed by atoms with Crippen molar-refractivity contribution in [2.45, 2.75) is 4.90 Å². The number of fused-ring (bicyclic) bond motifs is 1. The maximum absolute atomic E-state index is 11.2. The van der Waals surface area contributed by atoms with Gasteiger partial charge in [-0.05, 0) is 18.2 Å². The highest BCUT2D eigenvalue weighted by Crippen LogP contribution is 2.15. The average molecular weight is 196 g/mol. The third-order valence-corrected chi connectivity index (χ3v) is 2.93. The largest absolute Gasteiger partial charge is 0.345 e. The second-order valence-corrected chi connectivity index (χ2v) is 4.87. The van der Waals surface area contributed by atoms with Crippen molar-refractivity contribution in [1.29, 1.82) is 0 Å². The Morgan fingerprint density at radius 1 is 1.38 bits per heavy atom. The average Bonchev–Trinajstić information content (AvgIpc) is 2.47. The fourth-order valence-electron chi connectivity index (χ4n) is 1.14. The Kier molecular flexibility index (Phi) is 1.63. The molecule has 4 nitrogen and oxygen atoms in total. The van der Waals surface area contributed by atoms with E-state index in [2.05, 4.69) is 9.97 Å². The summed E-state index contributed by atoms with van der Waals surface area (Å²) in [7, 11) is -3.13. The summed E-state index contributed by atoms with van der Waals surface area (Å²) < 4.78 is 22.3. The SMILES string of the molecule is CS(=O)(=O)c1ccc2[nH]cnc2c1. The summed E-state index contributed by atoms with van der Waals surface area (Å²) in [4.78, 5) is 7.16. The number of nitrogens with zero attached hydrogens (tertiary/aromatic N) is 1. The van der Waals surface area contributed by atoms with Crippen LogP contribution in [0.2, 0.25) is 0 Å². The van der Waals surface area contributed by atoms with Crippen molar-refractivity contribution in [1.82, 2.24) is 9.97 Å². The van der Waals surface area contributed by atoms with E-state index in [0.717, 1.165) is 5.52 Å². The molecular formula is C8H8N2O2S. The molecule has 2 rings (SSSR count). The van der Waals surface area contributed by atoms with Crippen molar-refractivity contribution >= 4 is 20.9 Å². The van der Waals surface area contributed by atoms with Crippen LogP contribution in [0.3, 0.4) is 0 Å². The van der Waals surface area contributed by atoms with Gasteiger partial charge < -0.3 is 4.98 Å². The fraction of sp³-hybridized carbons (Fsp3) is 0.125. The number of hydrogen-bond acceptors (Lipinski definition) is 3. The molecule has 0 bridgehead atoms. The molecule has 13 heavy (non-hydrogen) atoms. The first-order valence-electron chi connectivity index (χ1n) is 3.70. The van der Waals surface area contributed by atoms with Crippen molar-refractivity contribution in [3.8, 4) is 0 Å². The Morgan fingerprint density at radius 3 is 2.85 bits per heavy atom. The number of benzene rings is 1. The van der Waals surface area contributed by atoms with Gasteiger partial charge in [-0.2, -0.15) is 0 Å². The lowest BCUT2D eigenvalue weighted by Gasteiger charge is -1.96. The highest BCUT2D eigenvalue weighted by atomic mass is 32.2. The Morgan fingerprint density at radius 2 is 2.15 bits per heavy atom. The Hall–Kier alpha value is -1.36. The minimum absolute atomic E-state index is 0.298. The summed E-state index contributed by atoms with van der Waals surface area (Å²) in [5.74, 6) is 0. The topological polar surface area (TPSA) is 62.8 Å². The number of aromatic nitrogens is 2. The van der Waals surface area contributed by atoms with Gasteiger partial charge in [0.15, 0.2) is 9.84 Å². The van der Waals surface area contributed by atoms with Gasteiger partial charge in [-0.3, -0.25) is 0 Å². The van der Waals surface area contributed by atoms with E-state index in [-0.39, 0.29) is 0 Å². The summed E-state index contributed by atoms with van der Waals surface area (Å²) in [6, 6.07) is 4.83. The van der Waals surface area contributed by atoms with Crippen LogP contribution in [-0.2, 0) is 9.84 Å². The zero-order chi connectivity index (χ0) is 9.47. The molecule has 0 radical (unpaired) electrons. The van der Waals surface area contributed by atoms with Crippen molar-refractivity contribution in [2.75, 3.05) is 6.26 Å². The standard InChI is InChI=1S/C8H8N2O2S/c1-13(11,12)6-2-3-7-8(4-6)10-5-9-7/h2-5H,1H3,(H,9,10). The lowest BCUT2D eigenvalue weighted by atomic mass is 10.3. The van der Waals surface area contributed by atoms with Gasteiger partial charge in [-0.25, -0.2) is 13.4 Å². The minimum Gasteiger partial charge on any atom is -0.345 e. The smallest absolute Gasteiger partial charge is 0.175 e. The second-order valence-electron chi connectivity index (χ2n) is 2.85. The van der Waals surface area contributed by atoms with Crippen LogP contribution in [0, 0.1) is 0 Å². The van der Waals surface area contributed by atoms with Crippen LogP contribution >= 0.6 is 0 Å².